The molecule has 0 aliphatic heterocycles. The SMILES string of the molecule is C=CC(=O)OC(CC)[Si]([Si](C)(C)OC)([Si](C)(C)OC)[Si](C)(OC)C(C)C=C. The Labute approximate surface area is 169 Å². The Morgan fingerprint density at radius 3 is 1.67 bits per heavy atom. The van der Waals surface area contributed by atoms with Crippen LogP contribution >= 0.6 is 0 Å². The van der Waals surface area contributed by atoms with Gasteiger partial charge in [0, 0.05) is 27.4 Å². The largest absolute Gasteiger partial charge is 0.464 e. The number of carbonyl (C=O) groups excluding carboxylic acids is 1. The monoisotopic (exact) mass is 448 g/mol. The second-order valence-corrected chi connectivity index (χ2v) is 42.6. The van der Waals surface area contributed by atoms with E-state index in [2.05, 4.69) is 59.7 Å². The van der Waals surface area contributed by atoms with Gasteiger partial charge in [-0.2, -0.15) is 0 Å². The van der Waals surface area contributed by atoms with Gasteiger partial charge in [-0.1, -0.05) is 26.5 Å². The van der Waals surface area contributed by atoms with E-state index in [4.69, 9.17) is 18.0 Å². The summed E-state index contributed by atoms with van der Waals surface area (Å²) >= 11 is 0. The number of hydrogen-bond acceptors (Lipinski definition) is 5. The molecule has 0 saturated carbocycles. The van der Waals surface area contributed by atoms with Crippen molar-refractivity contribution in [2.75, 3.05) is 21.3 Å². The molecular weight excluding hydrogens is 409 g/mol. The number of hydrogen-bond donors (Lipinski definition) is 0. The van der Waals surface area contributed by atoms with Crippen LogP contribution in [0.25, 0.3) is 0 Å². The molecule has 0 rings (SSSR count). The highest BCUT2D eigenvalue weighted by atomic mass is 29.9. The summed E-state index contributed by atoms with van der Waals surface area (Å²) in [5.74, 6) is -0.390. The second kappa shape index (κ2) is 9.95. The Morgan fingerprint density at radius 2 is 1.41 bits per heavy atom. The van der Waals surface area contributed by atoms with Crippen LogP contribution in [0.3, 0.4) is 0 Å². The Hall–Kier alpha value is -0.302. The first kappa shape index (κ1) is 26.7. The van der Waals surface area contributed by atoms with E-state index in [0.717, 1.165) is 0 Å². The molecule has 0 aliphatic rings. The van der Waals surface area contributed by atoms with Crippen molar-refractivity contribution in [1.82, 2.24) is 0 Å². The number of ether oxygens (including phenoxy) is 1. The van der Waals surface area contributed by atoms with Crippen LogP contribution in [0.15, 0.2) is 25.3 Å². The fourth-order valence-corrected chi connectivity index (χ4v) is 84.4. The molecule has 0 aromatic rings. The van der Waals surface area contributed by atoms with Gasteiger partial charge in [-0.25, -0.2) is 4.79 Å². The molecule has 0 aromatic heterocycles. The zero-order valence-corrected chi connectivity index (χ0v) is 23.0. The molecule has 9 heteroatoms. The van der Waals surface area contributed by atoms with E-state index in [0.29, 0.717) is 6.42 Å². The zero-order chi connectivity index (χ0) is 21.7. The summed E-state index contributed by atoms with van der Waals surface area (Å²) in [4.78, 5) is 12.3. The molecule has 158 valence electrons. The van der Waals surface area contributed by atoms with Crippen molar-refractivity contribution < 1.29 is 22.8 Å². The highest BCUT2D eigenvalue weighted by Crippen LogP contribution is 2.47. The Morgan fingerprint density at radius 1 is 0.963 bits per heavy atom. The molecule has 0 fully saturated rings. The van der Waals surface area contributed by atoms with E-state index in [9.17, 15) is 4.79 Å². The average Bonchev–Trinajstić information content (AvgIpc) is 2.65. The lowest BCUT2D eigenvalue weighted by Crippen LogP contribution is -2.92. The van der Waals surface area contributed by atoms with Crippen molar-refractivity contribution in [3.8, 4) is 0 Å². The van der Waals surface area contributed by atoms with E-state index in [1.165, 1.54) is 6.08 Å². The normalized spacial score (nSPS) is 17.6. The van der Waals surface area contributed by atoms with E-state index < -0.39 is 30.1 Å². The molecule has 0 bridgehead atoms. The topological polar surface area (TPSA) is 54.0 Å². The van der Waals surface area contributed by atoms with Crippen LogP contribution in [0.2, 0.25) is 38.3 Å². The molecule has 27 heavy (non-hydrogen) atoms. The lowest BCUT2D eigenvalue weighted by Gasteiger charge is -2.60. The van der Waals surface area contributed by atoms with Crippen molar-refractivity contribution in [2.45, 2.75) is 64.3 Å². The highest BCUT2D eigenvalue weighted by molar-refractivity contribution is 7.88. The van der Waals surface area contributed by atoms with Crippen LogP contribution in [0.1, 0.15) is 20.3 Å². The second-order valence-electron chi connectivity index (χ2n) is 8.11. The Kier molecular flexibility index (Phi) is 9.84. The molecular formula is C18H40O5Si4. The van der Waals surface area contributed by atoms with Crippen LogP contribution in [-0.2, 0) is 22.8 Å². The molecule has 0 saturated heterocycles. The van der Waals surface area contributed by atoms with Crippen molar-refractivity contribution in [3.05, 3.63) is 25.3 Å². The fourth-order valence-electron chi connectivity index (χ4n) is 4.93. The lowest BCUT2D eigenvalue weighted by molar-refractivity contribution is -0.139. The standard InChI is InChI=1S/C18H40O5Si4/c1-13-16(4)26(12,22-7)27(24(8,9)20-5,25(10,11)21-6)18(15-3)23-17(19)14-2/h13-14,16,18H,1-2,15H2,3-12H3. The third-order valence-corrected chi connectivity index (χ3v) is 71.2. The average molecular weight is 449 g/mol. The molecule has 0 amide bonds. The van der Waals surface area contributed by atoms with Gasteiger partial charge < -0.3 is 18.0 Å². The third kappa shape index (κ3) is 4.33. The molecule has 3 atom stereocenters. The number of rotatable bonds is 12. The van der Waals surface area contributed by atoms with Gasteiger partial charge in [0.25, 0.3) is 0 Å². The summed E-state index contributed by atoms with van der Waals surface area (Å²) in [7, 11) is -1.84. The molecule has 0 N–H and O–H groups in total. The molecule has 0 heterocycles. The van der Waals surface area contributed by atoms with Gasteiger partial charge in [-0.15, -0.1) is 6.58 Å². The summed E-state index contributed by atoms with van der Waals surface area (Å²) in [6.07, 6.45) is 3.94. The van der Waals surface area contributed by atoms with Crippen LogP contribution in [0.5, 0.6) is 0 Å². The van der Waals surface area contributed by atoms with E-state index >= 15 is 0 Å². The van der Waals surface area contributed by atoms with Crippen LogP contribution in [0.4, 0.5) is 0 Å². The zero-order valence-electron chi connectivity index (χ0n) is 19.0. The van der Waals surface area contributed by atoms with Gasteiger partial charge in [0.05, 0.1) is 5.73 Å². The summed E-state index contributed by atoms with van der Waals surface area (Å²) in [5.41, 5.74) is -0.0697. The first-order valence-corrected chi connectivity index (χ1v) is 22.8. The minimum atomic E-state index is -2.61. The van der Waals surface area contributed by atoms with Crippen molar-refractivity contribution in [2.24, 2.45) is 0 Å². The minimum Gasteiger partial charge on any atom is -0.464 e. The van der Waals surface area contributed by atoms with Gasteiger partial charge in [0.15, 0.2) is 30.1 Å². The van der Waals surface area contributed by atoms with Crippen molar-refractivity contribution in [1.29, 1.82) is 0 Å². The van der Waals surface area contributed by atoms with Crippen LogP contribution in [0, 0.1) is 0 Å². The van der Waals surface area contributed by atoms with Crippen LogP contribution in [-0.4, -0.2) is 63.2 Å². The summed E-state index contributed by atoms with van der Waals surface area (Å²) in [6, 6.07) is 0. The maximum absolute atomic E-state index is 12.3. The highest BCUT2D eigenvalue weighted by Gasteiger charge is 2.77. The van der Waals surface area contributed by atoms with Gasteiger partial charge in [0.2, 0.25) is 0 Å². The smallest absolute Gasteiger partial charge is 0.330 e. The quantitative estimate of drug-likeness (QED) is 0.194. The number of esters is 1. The van der Waals surface area contributed by atoms with Gasteiger partial charge in [-0.05, 0) is 44.7 Å². The number of carbonyl (C=O) groups is 1. The van der Waals surface area contributed by atoms with E-state index in [1.54, 1.807) is 21.3 Å². The summed E-state index contributed by atoms with van der Waals surface area (Å²) in [5, 5.41) is 0. The first-order valence-electron chi connectivity index (χ1n) is 9.44. The van der Waals surface area contributed by atoms with Gasteiger partial charge >= 0.3 is 5.97 Å². The lowest BCUT2D eigenvalue weighted by atomic mass is 10.5. The Balaban J connectivity index is 7.32. The molecule has 0 radical (unpaired) electrons. The van der Waals surface area contributed by atoms with Crippen molar-refractivity contribution in [3.63, 3.8) is 0 Å². The van der Waals surface area contributed by atoms with Crippen molar-refractivity contribution >= 4 is 36.1 Å². The predicted octanol–water partition coefficient (Wildman–Crippen LogP) is 4.22. The first-order chi connectivity index (χ1) is 12.3. The maximum Gasteiger partial charge on any atom is 0.330 e. The molecule has 0 aromatic carbocycles. The number of allylic oxidation sites excluding steroid dienone is 1. The van der Waals surface area contributed by atoms with Gasteiger partial charge in [-0.3, -0.25) is 0 Å². The maximum atomic E-state index is 12.3. The van der Waals surface area contributed by atoms with Gasteiger partial charge in [0.1, 0.15) is 0 Å². The summed E-state index contributed by atoms with van der Waals surface area (Å²) in [6.45, 7) is 20.6. The predicted molar refractivity (Wildman–Crippen MR) is 123 cm³/mol. The third-order valence-electron chi connectivity index (χ3n) is 6.63. The Bertz CT molecular complexity index is 522. The summed E-state index contributed by atoms with van der Waals surface area (Å²) < 4.78 is 25.1. The minimum absolute atomic E-state index is 0.175. The fraction of sp³-hybridized carbons (Fsp3) is 0.722. The van der Waals surface area contributed by atoms with E-state index in [1.807, 2.05) is 6.08 Å². The molecule has 0 aliphatic carbocycles. The van der Waals surface area contributed by atoms with Crippen LogP contribution < -0.4 is 0 Å². The molecule has 0 spiro atoms. The van der Waals surface area contributed by atoms with E-state index in [-0.39, 0.29) is 17.2 Å². The molecule has 3 unspecified atom stereocenters. The molecule has 5 nitrogen and oxygen atoms in total.